The molecule has 0 saturated carbocycles. The fraction of sp³-hybridized carbons (Fsp3) is 0.667. The number of carboxylic acid groups (broad SMARTS) is 1. The number of rotatable bonds is 6. The van der Waals surface area contributed by atoms with Crippen LogP contribution in [0.3, 0.4) is 0 Å². The predicted molar refractivity (Wildman–Crippen MR) is 62.3 cm³/mol. The Labute approximate surface area is 113 Å². The number of carboxylic acids is 1. The van der Waals surface area contributed by atoms with Gasteiger partial charge in [-0.3, -0.25) is 14.4 Å². The SMILES string of the molecule is CC(=O)CC(C(=O)O)C(=O)OCCC(Cl)(Cl)Cl. The van der Waals surface area contributed by atoms with Crippen LogP contribution >= 0.6 is 34.8 Å². The van der Waals surface area contributed by atoms with Crippen molar-refractivity contribution in [1.29, 1.82) is 0 Å². The van der Waals surface area contributed by atoms with Crippen LogP contribution in [0.2, 0.25) is 0 Å². The Kier molecular flexibility index (Phi) is 6.82. The zero-order valence-electron chi connectivity index (χ0n) is 8.91. The van der Waals surface area contributed by atoms with Gasteiger partial charge in [-0.1, -0.05) is 34.8 Å². The van der Waals surface area contributed by atoms with Gasteiger partial charge in [0.25, 0.3) is 0 Å². The molecule has 98 valence electrons. The molecule has 0 aliphatic rings. The van der Waals surface area contributed by atoms with Gasteiger partial charge in [-0.05, 0) is 6.92 Å². The molecule has 0 aromatic heterocycles. The van der Waals surface area contributed by atoms with Crippen LogP contribution in [0.25, 0.3) is 0 Å². The molecule has 0 amide bonds. The Balaban J connectivity index is 4.25. The summed E-state index contributed by atoms with van der Waals surface area (Å²) in [6.07, 6.45) is -0.474. The highest BCUT2D eigenvalue weighted by atomic mass is 35.6. The van der Waals surface area contributed by atoms with E-state index >= 15 is 0 Å². The van der Waals surface area contributed by atoms with Crippen molar-refractivity contribution in [3.05, 3.63) is 0 Å². The summed E-state index contributed by atoms with van der Waals surface area (Å²) in [5.74, 6) is -4.36. The molecule has 0 saturated heterocycles. The minimum absolute atomic E-state index is 0.0597. The minimum atomic E-state index is -1.57. The summed E-state index contributed by atoms with van der Waals surface area (Å²) in [5.41, 5.74) is 0. The highest BCUT2D eigenvalue weighted by Crippen LogP contribution is 2.29. The molecule has 1 N–H and O–H groups in total. The minimum Gasteiger partial charge on any atom is -0.481 e. The van der Waals surface area contributed by atoms with E-state index in [1.807, 2.05) is 0 Å². The summed E-state index contributed by atoms with van der Waals surface area (Å²) in [6, 6.07) is 0. The van der Waals surface area contributed by atoms with E-state index in [0.29, 0.717) is 0 Å². The lowest BCUT2D eigenvalue weighted by Gasteiger charge is -2.13. The summed E-state index contributed by atoms with van der Waals surface area (Å²) < 4.78 is 3.05. The fourth-order valence-corrected chi connectivity index (χ4v) is 1.16. The van der Waals surface area contributed by atoms with E-state index in [0.717, 1.165) is 0 Å². The summed E-state index contributed by atoms with van der Waals surface area (Å²) >= 11 is 16.2. The number of ketones is 1. The maximum atomic E-state index is 11.3. The molecule has 0 aromatic carbocycles. The first kappa shape index (κ1) is 16.5. The maximum absolute atomic E-state index is 11.3. The summed E-state index contributed by atoms with van der Waals surface area (Å²) in [5, 5.41) is 8.72. The standard InChI is InChI=1S/C9H11Cl3O5/c1-5(13)4-6(7(14)15)8(16)17-3-2-9(10,11)12/h6H,2-4H2,1H3,(H,14,15). The lowest BCUT2D eigenvalue weighted by Crippen LogP contribution is -2.28. The molecular weight excluding hydrogens is 294 g/mol. The smallest absolute Gasteiger partial charge is 0.320 e. The fourth-order valence-electron chi connectivity index (χ4n) is 0.927. The van der Waals surface area contributed by atoms with Crippen molar-refractivity contribution >= 4 is 52.5 Å². The van der Waals surface area contributed by atoms with Gasteiger partial charge < -0.3 is 9.84 Å². The number of hydrogen-bond donors (Lipinski definition) is 1. The third-order valence-corrected chi connectivity index (χ3v) is 2.27. The molecule has 0 bridgehead atoms. The van der Waals surface area contributed by atoms with Gasteiger partial charge in [0.1, 0.15) is 5.78 Å². The number of Topliss-reactive ketones (excluding diaryl/α,β-unsaturated/α-hetero) is 1. The Bertz CT molecular complexity index is 310. The average molecular weight is 306 g/mol. The molecule has 17 heavy (non-hydrogen) atoms. The summed E-state index contributed by atoms with van der Waals surface area (Å²) in [7, 11) is 0. The Morgan fingerprint density at radius 2 is 1.82 bits per heavy atom. The number of carbonyl (C=O) groups excluding carboxylic acids is 2. The van der Waals surface area contributed by atoms with E-state index in [1.165, 1.54) is 6.92 Å². The van der Waals surface area contributed by atoms with Gasteiger partial charge in [-0.15, -0.1) is 0 Å². The van der Waals surface area contributed by atoms with E-state index in [9.17, 15) is 14.4 Å². The van der Waals surface area contributed by atoms with Gasteiger partial charge in [-0.2, -0.15) is 0 Å². The van der Waals surface area contributed by atoms with Crippen LogP contribution in [0.5, 0.6) is 0 Å². The van der Waals surface area contributed by atoms with Crippen molar-refractivity contribution in [3.8, 4) is 0 Å². The van der Waals surface area contributed by atoms with Crippen LogP contribution in [-0.4, -0.2) is 33.2 Å². The molecule has 0 radical (unpaired) electrons. The lowest BCUT2D eigenvalue weighted by molar-refractivity contribution is -0.160. The molecule has 0 rings (SSSR count). The molecule has 0 fully saturated rings. The molecule has 5 nitrogen and oxygen atoms in total. The van der Waals surface area contributed by atoms with E-state index in [2.05, 4.69) is 4.74 Å². The second-order valence-electron chi connectivity index (χ2n) is 3.33. The molecular formula is C9H11Cl3O5. The van der Waals surface area contributed by atoms with Crippen LogP contribution in [0.1, 0.15) is 19.8 Å². The quantitative estimate of drug-likeness (QED) is 0.461. The highest BCUT2D eigenvalue weighted by Gasteiger charge is 2.30. The zero-order valence-corrected chi connectivity index (χ0v) is 11.2. The van der Waals surface area contributed by atoms with Gasteiger partial charge in [0.2, 0.25) is 0 Å². The molecule has 0 aliphatic carbocycles. The number of aliphatic carboxylic acids is 1. The third kappa shape index (κ3) is 8.24. The number of ether oxygens (including phenoxy) is 1. The molecule has 8 heteroatoms. The van der Waals surface area contributed by atoms with Crippen molar-refractivity contribution in [3.63, 3.8) is 0 Å². The van der Waals surface area contributed by atoms with Crippen LogP contribution < -0.4 is 0 Å². The van der Waals surface area contributed by atoms with E-state index < -0.39 is 33.9 Å². The largest absolute Gasteiger partial charge is 0.481 e. The van der Waals surface area contributed by atoms with Crippen molar-refractivity contribution in [1.82, 2.24) is 0 Å². The van der Waals surface area contributed by atoms with Crippen LogP contribution in [0.15, 0.2) is 0 Å². The van der Waals surface area contributed by atoms with Gasteiger partial charge in [0.15, 0.2) is 9.71 Å². The topological polar surface area (TPSA) is 80.7 Å². The van der Waals surface area contributed by atoms with Crippen molar-refractivity contribution < 1.29 is 24.2 Å². The molecule has 1 unspecified atom stereocenters. The predicted octanol–water partition coefficient (Wildman–Crippen LogP) is 1.97. The van der Waals surface area contributed by atoms with Crippen molar-refractivity contribution in [2.45, 2.75) is 23.6 Å². The normalized spacial score (nSPS) is 12.9. The molecule has 0 heterocycles. The average Bonchev–Trinajstić information content (AvgIpc) is 2.11. The lowest BCUT2D eigenvalue weighted by atomic mass is 10.0. The van der Waals surface area contributed by atoms with E-state index in [1.54, 1.807) is 0 Å². The van der Waals surface area contributed by atoms with Crippen molar-refractivity contribution in [2.24, 2.45) is 5.92 Å². The number of hydrogen-bond acceptors (Lipinski definition) is 4. The van der Waals surface area contributed by atoms with Gasteiger partial charge in [0.05, 0.1) is 6.61 Å². The van der Waals surface area contributed by atoms with E-state index in [4.69, 9.17) is 39.9 Å². The Morgan fingerprint density at radius 1 is 1.29 bits per heavy atom. The number of esters is 1. The molecule has 1 atom stereocenters. The Hall–Kier alpha value is -0.520. The van der Waals surface area contributed by atoms with Crippen molar-refractivity contribution in [2.75, 3.05) is 6.61 Å². The second kappa shape index (κ2) is 7.03. The molecule has 0 spiro atoms. The highest BCUT2D eigenvalue weighted by molar-refractivity contribution is 6.67. The van der Waals surface area contributed by atoms with Crippen LogP contribution in [0.4, 0.5) is 0 Å². The van der Waals surface area contributed by atoms with Crippen LogP contribution in [0, 0.1) is 5.92 Å². The Morgan fingerprint density at radius 3 is 2.18 bits per heavy atom. The number of alkyl halides is 3. The number of halogens is 3. The van der Waals surface area contributed by atoms with Gasteiger partial charge >= 0.3 is 11.9 Å². The maximum Gasteiger partial charge on any atom is 0.320 e. The van der Waals surface area contributed by atoms with Crippen LogP contribution in [-0.2, 0) is 19.1 Å². The molecule has 0 aliphatic heterocycles. The first-order valence-corrected chi connectivity index (χ1v) is 5.72. The number of carbonyl (C=O) groups is 3. The first-order chi connectivity index (χ1) is 7.63. The zero-order chi connectivity index (χ0) is 13.6. The summed E-state index contributed by atoms with van der Waals surface area (Å²) in [4.78, 5) is 32.8. The summed E-state index contributed by atoms with van der Waals surface area (Å²) in [6.45, 7) is 0.960. The second-order valence-corrected chi connectivity index (χ2v) is 5.85. The third-order valence-electron chi connectivity index (χ3n) is 1.70. The first-order valence-electron chi connectivity index (χ1n) is 4.59. The monoisotopic (exact) mass is 304 g/mol. The van der Waals surface area contributed by atoms with Gasteiger partial charge in [0, 0.05) is 12.8 Å². The van der Waals surface area contributed by atoms with Gasteiger partial charge in [-0.25, -0.2) is 0 Å². The van der Waals surface area contributed by atoms with E-state index in [-0.39, 0.29) is 13.0 Å². The molecule has 0 aromatic rings.